The minimum absolute atomic E-state index is 0.0603. The number of hydrogen-bond acceptors (Lipinski definition) is 3. The van der Waals surface area contributed by atoms with Crippen molar-refractivity contribution in [3.05, 3.63) is 11.6 Å². The number of carbonyl (C=O) groups excluding carboxylic acids is 2. The highest BCUT2D eigenvalue weighted by Crippen LogP contribution is 2.64. The summed E-state index contributed by atoms with van der Waals surface area (Å²) in [6, 6.07) is 0. The molecule has 1 unspecified atom stereocenters. The minimum atomic E-state index is -0.384. The number of aliphatic hydroxyl groups excluding tert-OH is 1. The maximum absolute atomic E-state index is 12.4. The molecule has 4 aliphatic rings. The zero-order valence-corrected chi connectivity index (χ0v) is 13.6. The first-order valence-corrected chi connectivity index (χ1v) is 8.81. The van der Waals surface area contributed by atoms with Gasteiger partial charge in [0.2, 0.25) is 0 Å². The SMILES string of the molecule is CC12CCC(=O)C=C1C[C@@H](O)[C@@H]1[C@@H]2CC[C@]2(C)C(=O)CC[C@@H]12. The number of ketones is 2. The van der Waals surface area contributed by atoms with Gasteiger partial charge in [0.25, 0.3) is 0 Å². The van der Waals surface area contributed by atoms with E-state index in [1.807, 2.05) is 6.08 Å². The molecule has 6 atom stereocenters. The lowest BCUT2D eigenvalue weighted by atomic mass is 9.47. The lowest BCUT2D eigenvalue weighted by Crippen LogP contribution is -2.55. The molecule has 0 heterocycles. The van der Waals surface area contributed by atoms with Gasteiger partial charge in [-0.15, -0.1) is 0 Å². The maximum Gasteiger partial charge on any atom is 0.155 e. The van der Waals surface area contributed by atoms with E-state index in [1.165, 1.54) is 5.57 Å². The number of Topliss-reactive ketones (excluding diaryl/α,β-unsaturated/α-hetero) is 1. The van der Waals surface area contributed by atoms with Gasteiger partial charge in [-0.3, -0.25) is 9.59 Å². The van der Waals surface area contributed by atoms with E-state index in [9.17, 15) is 14.7 Å². The lowest BCUT2D eigenvalue weighted by molar-refractivity contribution is -0.139. The van der Waals surface area contributed by atoms with Crippen LogP contribution in [0.4, 0.5) is 0 Å². The van der Waals surface area contributed by atoms with Crippen LogP contribution in [-0.4, -0.2) is 22.8 Å². The van der Waals surface area contributed by atoms with E-state index in [1.54, 1.807) is 0 Å². The first-order valence-electron chi connectivity index (χ1n) is 8.81. The second-order valence-electron chi connectivity index (χ2n) is 8.53. The molecule has 0 aliphatic heterocycles. The van der Waals surface area contributed by atoms with Crippen LogP contribution in [0.2, 0.25) is 0 Å². The van der Waals surface area contributed by atoms with Crippen molar-refractivity contribution in [1.29, 1.82) is 0 Å². The fraction of sp³-hybridized carbons (Fsp3) is 0.789. The molecule has 3 heteroatoms. The van der Waals surface area contributed by atoms with Crippen molar-refractivity contribution < 1.29 is 14.7 Å². The van der Waals surface area contributed by atoms with Crippen LogP contribution in [0.3, 0.4) is 0 Å². The van der Waals surface area contributed by atoms with E-state index in [-0.39, 0.29) is 28.6 Å². The van der Waals surface area contributed by atoms with Crippen LogP contribution in [0.1, 0.15) is 58.8 Å². The summed E-state index contributed by atoms with van der Waals surface area (Å²) in [6.45, 7) is 4.43. The Kier molecular flexibility index (Phi) is 3.01. The molecular formula is C19H26O3. The second kappa shape index (κ2) is 4.53. The quantitative estimate of drug-likeness (QED) is 0.748. The first kappa shape index (κ1) is 14.6. The highest BCUT2D eigenvalue weighted by atomic mass is 16.3. The summed E-state index contributed by atoms with van der Waals surface area (Å²) in [7, 11) is 0. The molecule has 3 saturated carbocycles. The van der Waals surface area contributed by atoms with Gasteiger partial charge < -0.3 is 5.11 Å². The van der Waals surface area contributed by atoms with Crippen molar-refractivity contribution in [2.24, 2.45) is 28.6 Å². The Balaban J connectivity index is 1.75. The molecule has 3 nitrogen and oxygen atoms in total. The molecule has 0 saturated heterocycles. The summed E-state index contributed by atoms with van der Waals surface area (Å²) in [5.41, 5.74) is 1.03. The van der Waals surface area contributed by atoms with Crippen molar-refractivity contribution >= 4 is 11.6 Å². The third kappa shape index (κ3) is 1.72. The van der Waals surface area contributed by atoms with Gasteiger partial charge in [-0.2, -0.15) is 0 Å². The van der Waals surface area contributed by atoms with E-state index >= 15 is 0 Å². The van der Waals surface area contributed by atoms with Gasteiger partial charge in [-0.1, -0.05) is 19.4 Å². The van der Waals surface area contributed by atoms with Crippen LogP contribution < -0.4 is 0 Å². The highest BCUT2D eigenvalue weighted by molar-refractivity contribution is 5.91. The summed E-state index contributed by atoms with van der Waals surface area (Å²) < 4.78 is 0. The van der Waals surface area contributed by atoms with Gasteiger partial charge in [-0.05, 0) is 61.3 Å². The van der Waals surface area contributed by atoms with Gasteiger partial charge in [0.1, 0.15) is 5.78 Å². The third-order valence-electron chi connectivity index (χ3n) is 7.69. The van der Waals surface area contributed by atoms with Crippen LogP contribution in [0.5, 0.6) is 0 Å². The van der Waals surface area contributed by atoms with E-state index < -0.39 is 0 Å². The average molecular weight is 302 g/mol. The van der Waals surface area contributed by atoms with Crippen molar-refractivity contribution in [2.45, 2.75) is 64.9 Å². The van der Waals surface area contributed by atoms with Crippen LogP contribution in [-0.2, 0) is 9.59 Å². The second-order valence-corrected chi connectivity index (χ2v) is 8.53. The van der Waals surface area contributed by atoms with Crippen LogP contribution in [0, 0.1) is 28.6 Å². The molecule has 120 valence electrons. The molecule has 0 aromatic carbocycles. The molecule has 0 bridgehead atoms. The van der Waals surface area contributed by atoms with E-state index in [2.05, 4.69) is 13.8 Å². The molecule has 4 aliphatic carbocycles. The Morgan fingerprint density at radius 2 is 1.77 bits per heavy atom. The Labute approximate surface area is 132 Å². The van der Waals surface area contributed by atoms with Crippen molar-refractivity contribution in [2.75, 3.05) is 0 Å². The van der Waals surface area contributed by atoms with Crippen molar-refractivity contribution in [1.82, 2.24) is 0 Å². The number of rotatable bonds is 0. The van der Waals surface area contributed by atoms with Gasteiger partial charge in [0.05, 0.1) is 6.10 Å². The van der Waals surface area contributed by atoms with Crippen molar-refractivity contribution in [3.63, 3.8) is 0 Å². The average Bonchev–Trinajstić information content (AvgIpc) is 2.77. The van der Waals surface area contributed by atoms with E-state index in [0.717, 1.165) is 25.7 Å². The Morgan fingerprint density at radius 1 is 1.05 bits per heavy atom. The zero-order valence-electron chi connectivity index (χ0n) is 13.6. The number of carbonyl (C=O) groups is 2. The Hall–Kier alpha value is -0.960. The normalized spacial score (nSPS) is 51.0. The summed E-state index contributed by atoms with van der Waals surface area (Å²) in [4.78, 5) is 24.2. The smallest absolute Gasteiger partial charge is 0.155 e. The van der Waals surface area contributed by atoms with Crippen LogP contribution in [0.25, 0.3) is 0 Å². The predicted octanol–water partition coefficient (Wildman–Crippen LogP) is 3.06. The number of fused-ring (bicyclic) bond motifs is 5. The molecule has 0 radical (unpaired) electrons. The van der Waals surface area contributed by atoms with Gasteiger partial charge >= 0.3 is 0 Å². The molecule has 0 amide bonds. The lowest BCUT2D eigenvalue weighted by Gasteiger charge is -2.58. The van der Waals surface area contributed by atoms with Crippen LogP contribution >= 0.6 is 0 Å². The standard InChI is InChI=1S/C19H26O3/c1-18-7-5-12(20)9-11(18)10-15(21)17-13-3-4-16(22)19(13,2)8-6-14(17)18/h9,13-15,17,21H,3-8,10H2,1-2H3/t13-,14-,15+,17-,18?,19-/m0/s1. The summed E-state index contributed by atoms with van der Waals surface area (Å²) >= 11 is 0. The molecule has 4 rings (SSSR count). The van der Waals surface area contributed by atoms with Gasteiger partial charge in [0, 0.05) is 18.3 Å². The fourth-order valence-corrected chi connectivity index (χ4v) is 6.30. The molecule has 3 fully saturated rings. The highest BCUT2D eigenvalue weighted by Gasteiger charge is 2.61. The van der Waals surface area contributed by atoms with Crippen molar-refractivity contribution in [3.8, 4) is 0 Å². The maximum atomic E-state index is 12.4. The summed E-state index contributed by atoms with van der Waals surface area (Å²) in [5, 5.41) is 10.8. The van der Waals surface area contributed by atoms with Gasteiger partial charge in [0.15, 0.2) is 5.78 Å². The predicted molar refractivity (Wildman–Crippen MR) is 83.1 cm³/mol. The molecule has 0 aromatic heterocycles. The Morgan fingerprint density at radius 3 is 2.55 bits per heavy atom. The minimum Gasteiger partial charge on any atom is -0.392 e. The molecule has 22 heavy (non-hydrogen) atoms. The first-order chi connectivity index (χ1) is 10.4. The van der Waals surface area contributed by atoms with E-state index in [0.29, 0.717) is 36.9 Å². The van der Waals surface area contributed by atoms with Crippen LogP contribution in [0.15, 0.2) is 11.6 Å². The summed E-state index contributed by atoms with van der Waals surface area (Å²) in [6.07, 6.45) is 7.23. The Bertz CT molecular complexity index is 577. The molecular weight excluding hydrogens is 276 g/mol. The number of hydrogen-bond donors (Lipinski definition) is 1. The molecule has 0 aromatic rings. The van der Waals surface area contributed by atoms with Gasteiger partial charge in [-0.25, -0.2) is 0 Å². The van der Waals surface area contributed by atoms with E-state index in [4.69, 9.17) is 0 Å². The summed E-state index contributed by atoms with van der Waals surface area (Å²) in [5.74, 6) is 1.63. The third-order valence-corrected chi connectivity index (χ3v) is 7.69. The molecule has 1 N–H and O–H groups in total. The topological polar surface area (TPSA) is 54.4 Å². The largest absolute Gasteiger partial charge is 0.392 e. The fourth-order valence-electron chi connectivity index (χ4n) is 6.30. The zero-order chi connectivity index (χ0) is 15.7. The molecule has 0 spiro atoms. The monoisotopic (exact) mass is 302 g/mol. The number of aliphatic hydroxyl groups is 1.